The van der Waals surface area contributed by atoms with Crippen molar-refractivity contribution in [1.82, 2.24) is 14.6 Å². The van der Waals surface area contributed by atoms with Crippen LogP contribution in [0.25, 0.3) is 5.65 Å². The molecule has 0 atom stereocenters. The molecule has 0 fully saturated rings. The molecule has 0 aliphatic heterocycles. The van der Waals surface area contributed by atoms with Crippen molar-refractivity contribution in [3.8, 4) is 0 Å². The van der Waals surface area contributed by atoms with Gasteiger partial charge in [0, 0.05) is 17.8 Å². The van der Waals surface area contributed by atoms with Crippen LogP contribution in [0.2, 0.25) is 0 Å². The van der Waals surface area contributed by atoms with Crippen molar-refractivity contribution in [2.75, 3.05) is 0 Å². The molecule has 2 aromatic heterocycles. The van der Waals surface area contributed by atoms with Gasteiger partial charge in [-0.2, -0.15) is 5.10 Å². The Morgan fingerprint density at radius 1 is 1.40 bits per heavy atom. The molecule has 0 aliphatic rings. The molecule has 0 saturated heterocycles. The summed E-state index contributed by atoms with van der Waals surface area (Å²) in [5, 5.41) is 4.38. The summed E-state index contributed by atoms with van der Waals surface area (Å²) in [7, 11) is 0. The third-order valence-corrected chi connectivity index (χ3v) is 2.26. The first-order chi connectivity index (χ1) is 7.04. The lowest BCUT2D eigenvalue weighted by Crippen LogP contribution is -2.14. The number of aldehydes is 1. The second-order valence-corrected chi connectivity index (χ2v) is 4.52. The van der Waals surface area contributed by atoms with Gasteiger partial charge in [0.05, 0.1) is 11.3 Å². The summed E-state index contributed by atoms with van der Waals surface area (Å²) >= 11 is 0. The maximum Gasteiger partial charge on any atom is 0.165 e. The number of carbonyl (C=O) groups excluding carboxylic acids is 1. The maximum absolute atomic E-state index is 11.1. The molecule has 2 rings (SSSR count). The normalized spacial score (nSPS) is 11.9. The first-order valence-corrected chi connectivity index (χ1v) is 4.83. The average molecular weight is 203 g/mol. The Morgan fingerprint density at radius 2 is 2.13 bits per heavy atom. The number of hydrogen-bond donors (Lipinski definition) is 0. The molecule has 0 amide bonds. The van der Waals surface area contributed by atoms with E-state index in [1.54, 1.807) is 23.0 Å². The van der Waals surface area contributed by atoms with Gasteiger partial charge in [0.2, 0.25) is 0 Å². The number of aromatic nitrogens is 3. The van der Waals surface area contributed by atoms with E-state index >= 15 is 0 Å². The molecule has 4 nitrogen and oxygen atoms in total. The highest BCUT2D eigenvalue weighted by molar-refractivity contribution is 5.86. The minimum Gasteiger partial charge on any atom is -0.298 e. The first-order valence-electron chi connectivity index (χ1n) is 4.83. The fourth-order valence-corrected chi connectivity index (χ4v) is 1.57. The van der Waals surface area contributed by atoms with Crippen molar-refractivity contribution in [2.45, 2.75) is 26.2 Å². The number of nitrogens with zero attached hydrogens (tertiary/aromatic N) is 3. The van der Waals surface area contributed by atoms with Gasteiger partial charge >= 0.3 is 0 Å². The minimum absolute atomic E-state index is 0.149. The lowest BCUT2D eigenvalue weighted by Gasteiger charge is -2.15. The maximum atomic E-state index is 11.1. The average Bonchev–Trinajstić information content (AvgIpc) is 2.55. The van der Waals surface area contributed by atoms with Gasteiger partial charge in [-0.1, -0.05) is 20.8 Å². The van der Waals surface area contributed by atoms with Gasteiger partial charge in [0.15, 0.2) is 11.9 Å². The van der Waals surface area contributed by atoms with Crippen molar-refractivity contribution in [2.24, 2.45) is 0 Å². The van der Waals surface area contributed by atoms with E-state index in [1.165, 1.54) is 0 Å². The molecule has 0 aromatic carbocycles. The van der Waals surface area contributed by atoms with Crippen LogP contribution < -0.4 is 0 Å². The molecule has 0 N–H and O–H groups in total. The van der Waals surface area contributed by atoms with E-state index in [0.29, 0.717) is 11.2 Å². The molecule has 0 aliphatic carbocycles. The lowest BCUT2D eigenvalue weighted by molar-refractivity contribution is 0.112. The quantitative estimate of drug-likeness (QED) is 0.664. The van der Waals surface area contributed by atoms with Crippen LogP contribution in [-0.4, -0.2) is 20.9 Å². The number of carbonyl (C=O) groups is 1. The lowest BCUT2D eigenvalue weighted by atomic mass is 9.90. The van der Waals surface area contributed by atoms with Crippen molar-refractivity contribution in [3.63, 3.8) is 0 Å². The Bertz CT molecular complexity index is 508. The summed E-state index contributed by atoms with van der Waals surface area (Å²) in [6.45, 7) is 6.09. The van der Waals surface area contributed by atoms with Gasteiger partial charge in [-0.3, -0.25) is 4.79 Å². The molecule has 15 heavy (non-hydrogen) atoms. The molecule has 0 unspecified atom stereocenters. The van der Waals surface area contributed by atoms with Crippen LogP contribution in [0.5, 0.6) is 0 Å². The van der Waals surface area contributed by atoms with E-state index in [2.05, 4.69) is 10.1 Å². The summed E-state index contributed by atoms with van der Waals surface area (Å²) in [6, 6.07) is 1.79. The van der Waals surface area contributed by atoms with Gasteiger partial charge < -0.3 is 0 Å². The van der Waals surface area contributed by atoms with E-state index in [4.69, 9.17) is 0 Å². The Hall–Kier alpha value is -1.71. The fraction of sp³-hybridized carbons (Fsp3) is 0.364. The third-order valence-electron chi connectivity index (χ3n) is 2.26. The van der Waals surface area contributed by atoms with E-state index < -0.39 is 0 Å². The molecule has 4 heteroatoms. The van der Waals surface area contributed by atoms with E-state index in [9.17, 15) is 4.79 Å². The van der Waals surface area contributed by atoms with Crippen molar-refractivity contribution in [1.29, 1.82) is 0 Å². The molecule has 2 aromatic rings. The van der Waals surface area contributed by atoms with E-state index in [-0.39, 0.29) is 5.41 Å². The molecular formula is C11H13N3O. The van der Waals surface area contributed by atoms with Crippen molar-refractivity contribution in [3.05, 3.63) is 29.7 Å². The Kier molecular flexibility index (Phi) is 2.07. The van der Waals surface area contributed by atoms with Crippen LogP contribution in [0.15, 0.2) is 18.5 Å². The van der Waals surface area contributed by atoms with E-state index in [1.807, 2.05) is 20.8 Å². The van der Waals surface area contributed by atoms with Crippen LogP contribution in [-0.2, 0) is 5.41 Å². The molecule has 0 saturated carbocycles. The topological polar surface area (TPSA) is 47.3 Å². The van der Waals surface area contributed by atoms with Crippen molar-refractivity contribution >= 4 is 11.9 Å². The van der Waals surface area contributed by atoms with Gasteiger partial charge in [-0.15, -0.1) is 0 Å². The first kappa shape index (κ1) is 9.83. The van der Waals surface area contributed by atoms with Crippen LogP contribution in [0.1, 0.15) is 36.8 Å². The van der Waals surface area contributed by atoms with Gasteiger partial charge in [-0.25, -0.2) is 9.50 Å². The SMILES string of the molecule is CC(C)(C)c1nn2cccnc2c1C=O. The predicted molar refractivity (Wildman–Crippen MR) is 57.1 cm³/mol. The highest BCUT2D eigenvalue weighted by Gasteiger charge is 2.24. The second-order valence-electron chi connectivity index (χ2n) is 4.52. The summed E-state index contributed by atoms with van der Waals surface area (Å²) in [4.78, 5) is 15.2. The van der Waals surface area contributed by atoms with Crippen LogP contribution in [0.4, 0.5) is 0 Å². The summed E-state index contributed by atoms with van der Waals surface area (Å²) in [6.07, 6.45) is 4.29. The highest BCUT2D eigenvalue weighted by atomic mass is 16.1. The fourth-order valence-electron chi connectivity index (χ4n) is 1.57. The van der Waals surface area contributed by atoms with Gasteiger partial charge in [0.25, 0.3) is 0 Å². The highest BCUT2D eigenvalue weighted by Crippen LogP contribution is 2.25. The zero-order chi connectivity index (χ0) is 11.1. The summed E-state index contributed by atoms with van der Waals surface area (Å²) in [5.41, 5.74) is 1.85. The Morgan fingerprint density at radius 3 is 2.73 bits per heavy atom. The predicted octanol–water partition coefficient (Wildman–Crippen LogP) is 1.84. The van der Waals surface area contributed by atoms with Gasteiger partial charge in [0.1, 0.15) is 0 Å². The Balaban J connectivity index is 2.81. The largest absolute Gasteiger partial charge is 0.298 e. The summed E-state index contributed by atoms with van der Waals surface area (Å²) in [5.74, 6) is 0. The number of rotatable bonds is 1. The molecule has 0 spiro atoms. The van der Waals surface area contributed by atoms with Crippen molar-refractivity contribution < 1.29 is 4.79 Å². The minimum atomic E-state index is -0.149. The molecular weight excluding hydrogens is 190 g/mol. The molecule has 0 bridgehead atoms. The Labute approximate surface area is 87.9 Å². The zero-order valence-electron chi connectivity index (χ0n) is 9.06. The molecule has 2 heterocycles. The standard InChI is InChI=1S/C11H13N3O/c1-11(2,3)9-8(7-15)10-12-5-4-6-14(10)13-9/h4-7H,1-3H3. The number of fused-ring (bicyclic) bond motifs is 1. The smallest absolute Gasteiger partial charge is 0.165 e. The number of hydrogen-bond acceptors (Lipinski definition) is 3. The van der Waals surface area contributed by atoms with Crippen LogP contribution >= 0.6 is 0 Å². The zero-order valence-corrected chi connectivity index (χ0v) is 9.06. The van der Waals surface area contributed by atoms with Gasteiger partial charge in [-0.05, 0) is 6.07 Å². The second kappa shape index (κ2) is 3.15. The third kappa shape index (κ3) is 1.52. The van der Waals surface area contributed by atoms with Crippen LogP contribution in [0.3, 0.4) is 0 Å². The summed E-state index contributed by atoms with van der Waals surface area (Å²) < 4.78 is 1.64. The molecule has 78 valence electrons. The monoisotopic (exact) mass is 203 g/mol. The van der Waals surface area contributed by atoms with E-state index in [0.717, 1.165) is 12.0 Å². The molecule has 0 radical (unpaired) electrons. The van der Waals surface area contributed by atoms with Crippen LogP contribution in [0, 0.1) is 0 Å².